The standard InChI is InChI=1S/C22H22ClN5/c1-22(2,3)19-12-20(25-13-15-8-6-7-11-24-15)28-21(27-19)17(14-26-28)16-9-4-5-10-18(16)23/h4-12,14,25H,13H2,1-3H3. The molecule has 0 spiro atoms. The highest BCUT2D eigenvalue weighted by Gasteiger charge is 2.21. The van der Waals surface area contributed by atoms with Crippen molar-refractivity contribution in [2.24, 2.45) is 0 Å². The summed E-state index contributed by atoms with van der Waals surface area (Å²) in [6, 6.07) is 15.7. The van der Waals surface area contributed by atoms with Gasteiger partial charge >= 0.3 is 0 Å². The molecule has 0 amide bonds. The number of aromatic nitrogens is 4. The smallest absolute Gasteiger partial charge is 0.165 e. The molecule has 0 atom stereocenters. The number of rotatable bonds is 4. The molecular formula is C22H22ClN5. The molecule has 28 heavy (non-hydrogen) atoms. The van der Waals surface area contributed by atoms with Crippen molar-refractivity contribution in [2.45, 2.75) is 32.7 Å². The largest absolute Gasteiger partial charge is 0.364 e. The number of benzene rings is 1. The summed E-state index contributed by atoms with van der Waals surface area (Å²) < 4.78 is 1.83. The highest BCUT2D eigenvalue weighted by molar-refractivity contribution is 6.33. The van der Waals surface area contributed by atoms with Gasteiger partial charge in [0.15, 0.2) is 5.65 Å². The first-order valence-corrected chi connectivity index (χ1v) is 9.59. The molecule has 0 fully saturated rings. The van der Waals surface area contributed by atoms with E-state index in [0.29, 0.717) is 11.6 Å². The summed E-state index contributed by atoms with van der Waals surface area (Å²) in [6.07, 6.45) is 3.62. The second kappa shape index (κ2) is 7.24. The summed E-state index contributed by atoms with van der Waals surface area (Å²) in [6.45, 7) is 7.06. The minimum atomic E-state index is -0.106. The number of anilines is 1. The third-order valence-corrected chi connectivity index (χ3v) is 4.91. The lowest BCUT2D eigenvalue weighted by Gasteiger charge is -2.20. The van der Waals surface area contributed by atoms with Crippen molar-refractivity contribution in [1.29, 1.82) is 0 Å². The molecule has 0 bridgehead atoms. The molecule has 0 radical (unpaired) electrons. The number of nitrogens with zero attached hydrogens (tertiary/aromatic N) is 4. The molecule has 3 aromatic heterocycles. The maximum Gasteiger partial charge on any atom is 0.165 e. The first-order valence-electron chi connectivity index (χ1n) is 9.21. The molecule has 1 N–H and O–H groups in total. The molecule has 0 aliphatic rings. The lowest BCUT2D eigenvalue weighted by molar-refractivity contribution is 0.568. The summed E-state index contributed by atoms with van der Waals surface area (Å²) >= 11 is 6.44. The van der Waals surface area contributed by atoms with Gasteiger partial charge in [0, 0.05) is 33.8 Å². The second-order valence-electron chi connectivity index (χ2n) is 7.72. The van der Waals surface area contributed by atoms with Crippen LogP contribution in [-0.4, -0.2) is 19.6 Å². The molecule has 0 unspecified atom stereocenters. The molecule has 4 aromatic rings. The molecule has 0 saturated carbocycles. The van der Waals surface area contributed by atoms with E-state index in [1.165, 1.54) is 0 Å². The van der Waals surface area contributed by atoms with Crippen molar-refractivity contribution in [1.82, 2.24) is 19.6 Å². The Hall–Kier alpha value is -2.92. The van der Waals surface area contributed by atoms with Gasteiger partial charge in [-0.25, -0.2) is 4.98 Å². The molecule has 0 aliphatic heterocycles. The van der Waals surface area contributed by atoms with E-state index in [0.717, 1.165) is 34.0 Å². The Morgan fingerprint density at radius 2 is 1.82 bits per heavy atom. The van der Waals surface area contributed by atoms with Gasteiger partial charge in [-0.1, -0.05) is 56.6 Å². The molecule has 6 heteroatoms. The van der Waals surface area contributed by atoms with Crippen LogP contribution in [0.5, 0.6) is 0 Å². The fourth-order valence-electron chi connectivity index (χ4n) is 3.03. The van der Waals surface area contributed by atoms with Crippen LogP contribution in [0.4, 0.5) is 5.82 Å². The van der Waals surface area contributed by atoms with Gasteiger partial charge in [-0.2, -0.15) is 9.61 Å². The molecule has 5 nitrogen and oxygen atoms in total. The Kier molecular flexibility index (Phi) is 4.77. The fraction of sp³-hybridized carbons (Fsp3) is 0.227. The molecule has 0 aliphatic carbocycles. The molecule has 142 valence electrons. The van der Waals surface area contributed by atoms with Crippen molar-refractivity contribution >= 4 is 23.1 Å². The van der Waals surface area contributed by atoms with E-state index in [9.17, 15) is 0 Å². The van der Waals surface area contributed by atoms with E-state index in [-0.39, 0.29) is 5.41 Å². The maximum absolute atomic E-state index is 6.44. The normalized spacial score (nSPS) is 11.7. The third kappa shape index (κ3) is 3.58. The number of hydrogen-bond donors (Lipinski definition) is 1. The van der Waals surface area contributed by atoms with E-state index in [4.69, 9.17) is 16.6 Å². The Morgan fingerprint density at radius 3 is 2.54 bits per heavy atom. The SMILES string of the molecule is CC(C)(C)c1cc(NCc2ccccn2)n2ncc(-c3ccccc3Cl)c2n1. The monoisotopic (exact) mass is 391 g/mol. The second-order valence-corrected chi connectivity index (χ2v) is 8.13. The zero-order valence-corrected chi connectivity index (χ0v) is 16.9. The molecule has 1 aromatic carbocycles. The van der Waals surface area contributed by atoms with Crippen molar-refractivity contribution < 1.29 is 0 Å². The van der Waals surface area contributed by atoms with Crippen molar-refractivity contribution in [3.63, 3.8) is 0 Å². The predicted octanol–water partition coefficient (Wildman–Crippen LogP) is 5.35. The van der Waals surface area contributed by atoms with Crippen molar-refractivity contribution in [2.75, 3.05) is 5.32 Å². The number of fused-ring (bicyclic) bond motifs is 1. The summed E-state index contributed by atoms with van der Waals surface area (Å²) in [5.74, 6) is 0.874. The maximum atomic E-state index is 6.44. The quantitative estimate of drug-likeness (QED) is 0.509. The summed E-state index contributed by atoms with van der Waals surface area (Å²) in [4.78, 5) is 9.31. The van der Waals surface area contributed by atoms with Gasteiger partial charge in [-0.05, 0) is 18.2 Å². The predicted molar refractivity (Wildman–Crippen MR) is 114 cm³/mol. The van der Waals surface area contributed by atoms with Crippen LogP contribution in [0.3, 0.4) is 0 Å². The topological polar surface area (TPSA) is 55.1 Å². The molecule has 3 heterocycles. The minimum absolute atomic E-state index is 0.106. The summed E-state index contributed by atoms with van der Waals surface area (Å²) in [5.41, 5.74) is 4.46. The highest BCUT2D eigenvalue weighted by atomic mass is 35.5. The van der Waals surface area contributed by atoms with Crippen molar-refractivity contribution in [3.05, 3.63) is 77.3 Å². The van der Waals surface area contributed by atoms with Crippen LogP contribution >= 0.6 is 11.6 Å². The number of halogens is 1. The van der Waals surface area contributed by atoms with Gasteiger partial charge in [-0.15, -0.1) is 0 Å². The Bertz CT molecular complexity index is 1110. The van der Waals surface area contributed by atoms with E-state index >= 15 is 0 Å². The highest BCUT2D eigenvalue weighted by Crippen LogP contribution is 2.33. The Balaban J connectivity index is 1.84. The van der Waals surface area contributed by atoms with E-state index in [2.05, 4.69) is 42.2 Å². The molecule has 4 rings (SSSR count). The van der Waals surface area contributed by atoms with Crippen LogP contribution < -0.4 is 5.32 Å². The van der Waals surface area contributed by atoms with Crippen LogP contribution in [0.25, 0.3) is 16.8 Å². The molecule has 0 saturated heterocycles. The fourth-order valence-corrected chi connectivity index (χ4v) is 3.26. The van der Waals surface area contributed by atoms with E-state index in [1.807, 2.05) is 53.2 Å². The average Bonchev–Trinajstić information content (AvgIpc) is 3.10. The summed E-state index contributed by atoms with van der Waals surface area (Å²) in [7, 11) is 0. The van der Waals surface area contributed by atoms with Gasteiger partial charge in [-0.3, -0.25) is 4.98 Å². The van der Waals surface area contributed by atoms with Gasteiger partial charge in [0.05, 0.1) is 24.1 Å². The molecular weight excluding hydrogens is 370 g/mol. The van der Waals surface area contributed by atoms with Gasteiger partial charge in [0.1, 0.15) is 5.82 Å². The van der Waals surface area contributed by atoms with Crippen LogP contribution in [0.1, 0.15) is 32.2 Å². The number of nitrogens with one attached hydrogen (secondary N) is 1. The van der Waals surface area contributed by atoms with Crippen LogP contribution in [0, 0.1) is 0 Å². The van der Waals surface area contributed by atoms with Gasteiger partial charge < -0.3 is 5.32 Å². The van der Waals surface area contributed by atoms with Crippen LogP contribution in [0.15, 0.2) is 60.9 Å². The van der Waals surface area contributed by atoms with Crippen molar-refractivity contribution in [3.8, 4) is 11.1 Å². The number of pyridine rings is 1. The Labute approximate surface area is 169 Å². The lowest BCUT2D eigenvalue weighted by atomic mass is 9.92. The Morgan fingerprint density at radius 1 is 1.04 bits per heavy atom. The van der Waals surface area contributed by atoms with E-state index < -0.39 is 0 Å². The first kappa shape index (κ1) is 18.4. The zero-order chi connectivity index (χ0) is 19.7. The van der Waals surface area contributed by atoms with Crippen LogP contribution in [0.2, 0.25) is 5.02 Å². The number of hydrogen-bond acceptors (Lipinski definition) is 4. The zero-order valence-electron chi connectivity index (χ0n) is 16.1. The minimum Gasteiger partial charge on any atom is -0.364 e. The van der Waals surface area contributed by atoms with Crippen LogP contribution in [-0.2, 0) is 12.0 Å². The van der Waals surface area contributed by atoms with Gasteiger partial charge in [0.2, 0.25) is 0 Å². The summed E-state index contributed by atoms with van der Waals surface area (Å²) in [5, 5.41) is 8.73. The first-order chi connectivity index (χ1) is 13.4. The third-order valence-electron chi connectivity index (χ3n) is 4.58. The lowest BCUT2D eigenvalue weighted by Crippen LogP contribution is -2.16. The van der Waals surface area contributed by atoms with E-state index in [1.54, 1.807) is 6.20 Å². The average molecular weight is 392 g/mol. The van der Waals surface area contributed by atoms with Gasteiger partial charge in [0.25, 0.3) is 0 Å².